The second kappa shape index (κ2) is 8.66. The van der Waals surface area contributed by atoms with Gasteiger partial charge in [-0.1, -0.05) is 0 Å². The monoisotopic (exact) mass is 469 g/mol. The number of nitrogens with two attached hydrogens (primary N) is 1. The Hall–Kier alpha value is -4.14. The number of benzene rings is 2. The Morgan fingerprint density at radius 1 is 1.03 bits per heavy atom. The fourth-order valence-corrected chi connectivity index (χ4v) is 3.79. The van der Waals surface area contributed by atoms with Crippen LogP contribution in [0.4, 0.5) is 11.4 Å². The van der Waals surface area contributed by atoms with Crippen LogP contribution >= 0.6 is 0 Å². The minimum absolute atomic E-state index is 0.00307. The number of methoxy groups -OCH3 is 1. The number of hydrogen-bond donors (Lipinski definition) is 1. The van der Waals surface area contributed by atoms with Crippen LogP contribution in [-0.2, 0) is 11.2 Å². The lowest BCUT2D eigenvalue weighted by Crippen LogP contribution is -2.39. The lowest BCUT2D eigenvalue weighted by atomic mass is 10.0. The molecule has 2 N–H and O–H groups in total. The van der Waals surface area contributed by atoms with Gasteiger partial charge < -0.3 is 20.3 Å². The van der Waals surface area contributed by atoms with Gasteiger partial charge in [-0.2, -0.15) is 5.10 Å². The lowest BCUT2D eigenvalue weighted by molar-refractivity contribution is -0.119. The minimum Gasteiger partial charge on any atom is -0.497 e. The van der Waals surface area contributed by atoms with Crippen LogP contribution in [0.2, 0.25) is 0 Å². The van der Waals surface area contributed by atoms with Crippen LogP contribution in [0.3, 0.4) is 0 Å². The van der Waals surface area contributed by atoms with Crippen molar-refractivity contribution < 1.29 is 32.8 Å². The van der Waals surface area contributed by atoms with Crippen LogP contribution in [-0.4, -0.2) is 47.7 Å². The average Bonchev–Trinajstić information content (AvgIpc) is 3.36. The molecule has 2 aliphatic rings. The average molecular weight is 470 g/mol. The van der Waals surface area contributed by atoms with Crippen molar-refractivity contribution in [3.8, 4) is 11.4 Å². The van der Waals surface area contributed by atoms with Crippen molar-refractivity contribution in [3.05, 3.63) is 65.4 Å². The number of fused-ring (bicyclic) bond motifs is 1. The first-order valence-corrected chi connectivity index (χ1v) is 10.2. The van der Waals surface area contributed by atoms with Crippen LogP contribution in [0.15, 0.2) is 48.4 Å². The van der Waals surface area contributed by atoms with E-state index < -0.39 is 78.9 Å². The zero-order valence-electron chi connectivity index (χ0n) is 27.9. The standard InChI is InChI=1S/C25H25N5O4/c1-34-19-11-9-18(10-12-19)30-23-20(22(27-30)24(26)32)13-15-29(25(23)33)17-7-5-16(6-8-17)28-14-3-2-4-21(28)31/h5-12H,2-4,13-15H2,1H3,(H2,26,32)/i2D2,3D2,4D2,5D,6D,7D,8D. The molecule has 9 heteroatoms. The number of primary amides is 1. The highest BCUT2D eigenvalue weighted by molar-refractivity contribution is 6.09. The van der Waals surface area contributed by atoms with Crippen molar-refractivity contribution in [2.45, 2.75) is 25.5 Å². The number of anilines is 2. The van der Waals surface area contributed by atoms with E-state index in [1.807, 2.05) is 0 Å². The van der Waals surface area contributed by atoms with Crippen LogP contribution < -0.4 is 20.3 Å². The van der Waals surface area contributed by atoms with Gasteiger partial charge in [-0.25, -0.2) is 4.68 Å². The van der Waals surface area contributed by atoms with Gasteiger partial charge in [-0.15, -0.1) is 0 Å². The summed E-state index contributed by atoms with van der Waals surface area (Å²) in [6.45, 7) is -1.29. The fraction of sp³-hybridized carbons (Fsp3) is 0.280. The molecule has 0 saturated carbocycles. The van der Waals surface area contributed by atoms with Crippen molar-refractivity contribution in [1.82, 2.24) is 9.78 Å². The second-order valence-electron chi connectivity index (χ2n) is 7.37. The van der Waals surface area contributed by atoms with E-state index in [1.165, 1.54) is 11.8 Å². The van der Waals surface area contributed by atoms with Crippen molar-refractivity contribution in [3.63, 3.8) is 0 Å². The van der Waals surface area contributed by atoms with Gasteiger partial charge in [0.1, 0.15) is 11.4 Å². The molecule has 3 aromatic rings. The third kappa shape index (κ3) is 3.68. The van der Waals surface area contributed by atoms with Crippen molar-refractivity contribution in [2.24, 2.45) is 5.73 Å². The molecule has 1 aromatic heterocycles. The molecule has 174 valence electrons. The molecule has 0 unspecified atom stereocenters. The Kier molecular flexibility index (Phi) is 3.29. The van der Waals surface area contributed by atoms with Crippen LogP contribution in [0.5, 0.6) is 5.75 Å². The molecule has 1 saturated heterocycles. The van der Waals surface area contributed by atoms with E-state index in [4.69, 9.17) is 24.2 Å². The van der Waals surface area contributed by atoms with E-state index in [1.54, 1.807) is 24.3 Å². The van der Waals surface area contributed by atoms with Gasteiger partial charge >= 0.3 is 0 Å². The predicted molar refractivity (Wildman–Crippen MR) is 127 cm³/mol. The Bertz CT molecular complexity index is 1710. The number of hydrogen-bond acceptors (Lipinski definition) is 5. The maximum absolute atomic E-state index is 14.0. The number of aromatic nitrogens is 2. The summed E-state index contributed by atoms with van der Waals surface area (Å²) in [5, 5.41) is 4.24. The number of carbonyl (C=O) groups excluding carboxylic acids is 3. The van der Waals surface area contributed by atoms with Crippen molar-refractivity contribution in [2.75, 3.05) is 30.0 Å². The molecule has 2 aliphatic heterocycles. The first kappa shape index (κ1) is 12.9. The minimum atomic E-state index is -3.41. The third-order valence-corrected chi connectivity index (χ3v) is 5.45. The molecule has 0 bridgehead atoms. The zero-order chi connectivity index (χ0) is 32.7. The van der Waals surface area contributed by atoms with Gasteiger partial charge in [0.25, 0.3) is 11.8 Å². The Morgan fingerprint density at radius 3 is 2.35 bits per heavy atom. The van der Waals surface area contributed by atoms with E-state index in [0.717, 1.165) is 4.90 Å². The normalized spacial score (nSPS) is 24.6. The quantitative estimate of drug-likeness (QED) is 0.618. The van der Waals surface area contributed by atoms with E-state index in [-0.39, 0.29) is 29.9 Å². The number of carbonyl (C=O) groups is 3. The Morgan fingerprint density at radius 2 is 1.71 bits per heavy atom. The van der Waals surface area contributed by atoms with Gasteiger partial charge in [-0.05, 0) is 67.6 Å². The highest BCUT2D eigenvalue weighted by atomic mass is 16.5. The Balaban J connectivity index is 1.63. The van der Waals surface area contributed by atoms with Crippen molar-refractivity contribution >= 4 is 29.1 Å². The molecule has 0 spiro atoms. The fourth-order valence-electron chi connectivity index (χ4n) is 3.79. The van der Waals surface area contributed by atoms with Gasteiger partial charge in [0.15, 0.2) is 5.69 Å². The SMILES string of the molecule is [2H]c1c([2H])c(N2CC([2H])([2H])C([2H])([2H])C([2H])([2H])C2=O)c([2H])c([2H])c1N1CCc2c(C(N)=O)nn(-c3ccc(OC)cc3)c2C1=O. The number of rotatable bonds is 5. The molecule has 34 heavy (non-hydrogen) atoms. The van der Waals surface area contributed by atoms with E-state index in [9.17, 15) is 14.4 Å². The molecule has 3 heterocycles. The zero-order valence-corrected chi connectivity index (χ0v) is 17.9. The molecule has 0 radical (unpaired) electrons. The molecular weight excluding hydrogens is 434 g/mol. The summed E-state index contributed by atoms with van der Waals surface area (Å²) in [5.74, 6) is -2.79. The molecule has 0 aliphatic carbocycles. The van der Waals surface area contributed by atoms with Gasteiger partial charge in [0, 0.05) is 44.6 Å². The van der Waals surface area contributed by atoms with Gasteiger partial charge in [0.05, 0.1) is 18.3 Å². The number of ether oxygens (including phenoxy) is 1. The molecule has 0 atom stereocenters. The van der Waals surface area contributed by atoms with E-state index >= 15 is 0 Å². The highest BCUT2D eigenvalue weighted by Gasteiger charge is 2.34. The molecule has 1 fully saturated rings. The molecular formula is C25H25N5O4. The number of amides is 3. The molecule has 5 rings (SSSR count). The van der Waals surface area contributed by atoms with Gasteiger partial charge in [-0.3, -0.25) is 14.4 Å². The summed E-state index contributed by atoms with van der Waals surface area (Å²) < 4.78 is 88.9. The Labute approximate surface area is 210 Å². The topological polar surface area (TPSA) is 111 Å². The summed E-state index contributed by atoms with van der Waals surface area (Å²) in [7, 11) is 1.46. The van der Waals surface area contributed by atoms with Crippen molar-refractivity contribution in [1.29, 1.82) is 0 Å². The summed E-state index contributed by atoms with van der Waals surface area (Å²) in [5.41, 5.74) is 4.60. The molecule has 3 amide bonds. The summed E-state index contributed by atoms with van der Waals surface area (Å²) >= 11 is 0. The third-order valence-electron chi connectivity index (χ3n) is 5.45. The number of piperidine rings is 1. The van der Waals surface area contributed by atoms with Crippen LogP contribution in [0.25, 0.3) is 5.69 Å². The predicted octanol–water partition coefficient (Wildman–Crippen LogP) is 2.70. The smallest absolute Gasteiger partial charge is 0.277 e. The highest BCUT2D eigenvalue weighted by Crippen LogP contribution is 2.31. The maximum atomic E-state index is 14.0. The van der Waals surface area contributed by atoms with Crippen LogP contribution in [0.1, 0.15) is 59.4 Å². The second-order valence-corrected chi connectivity index (χ2v) is 7.37. The number of nitrogens with zero attached hydrogens (tertiary/aromatic N) is 4. The van der Waals surface area contributed by atoms with E-state index in [0.29, 0.717) is 16.3 Å². The first-order valence-electron chi connectivity index (χ1n) is 15.2. The van der Waals surface area contributed by atoms with Gasteiger partial charge in [0.2, 0.25) is 5.91 Å². The molecule has 2 aromatic carbocycles. The van der Waals surface area contributed by atoms with Crippen LogP contribution in [0, 0.1) is 0 Å². The lowest BCUT2D eigenvalue weighted by Gasteiger charge is -2.29. The summed E-state index contributed by atoms with van der Waals surface area (Å²) in [4.78, 5) is 40.6. The maximum Gasteiger partial charge on any atom is 0.277 e. The summed E-state index contributed by atoms with van der Waals surface area (Å²) in [6, 6.07) is 3.02. The summed E-state index contributed by atoms with van der Waals surface area (Å²) in [6.07, 6.45) is -9.64. The first-order chi connectivity index (χ1) is 20.4. The van der Waals surface area contributed by atoms with E-state index in [2.05, 4.69) is 5.10 Å². The molecule has 9 nitrogen and oxygen atoms in total. The largest absolute Gasteiger partial charge is 0.497 e.